The fourth-order valence-corrected chi connectivity index (χ4v) is 3.24. The molecule has 2 aromatic carbocycles. The Morgan fingerprint density at radius 3 is 2.52 bits per heavy atom. The number of nitrogens with one attached hydrogen (secondary N) is 1. The number of pyridine rings is 1. The van der Waals surface area contributed by atoms with E-state index in [0.29, 0.717) is 17.3 Å². The van der Waals surface area contributed by atoms with Gasteiger partial charge >= 0.3 is 0 Å². The predicted molar refractivity (Wildman–Crippen MR) is 107 cm³/mol. The number of carbonyl (C=O) groups excluding carboxylic acids is 1. The number of rotatable bonds is 3. The van der Waals surface area contributed by atoms with Gasteiger partial charge in [-0.25, -0.2) is 13.8 Å². The van der Waals surface area contributed by atoms with Gasteiger partial charge in [-0.3, -0.25) is 4.79 Å². The van der Waals surface area contributed by atoms with Gasteiger partial charge < -0.3 is 5.32 Å². The summed E-state index contributed by atoms with van der Waals surface area (Å²) in [7, 11) is 0. The maximum absolute atomic E-state index is 13.5. The number of benzene rings is 2. The van der Waals surface area contributed by atoms with Crippen LogP contribution in [0.4, 0.5) is 14.6 Å². The predicted octanol–water partition coefficient (Wildman–Crippen LogP) is 4.88. The van der Waals surface area contributed by atoms with Crippen LogP contribution in [0.1, 0.15) is 27.2 Å². The zero-order valence-corrected chi connectivity index (χ0v) is 16.1. The monoisotopic (exact) mass is 392 g/mol. The van der Waals surface area contributed by atoms with Crippen LogP contribution in [-0.2, 0) is 0 Å². The van der Waals surface area contributed by atoms with Gasteiger partial charge in [0.05, 0.1) is 11.2 Å². The molecule has 4 rings (SSSR count). The maximum atomic E-state index is 13.5. The van der Waals surface area contributed by atoms with Crippen molar-refractivity contribution < 1.29 is 13.6 Å². The Kier molecular flexibility index (Phi) is 4.58. The minimum absolute atomic E-state index is 0.00722. The summed E-state index contributed by atoms with van der Waals surface area (Å²) in [5, 5.41) is 8.20. The van der Waals surface area contributed by atoms with Gasteiger partial charge in [0.25, 0.3) is 5.91 Å². The lowest BCUT2D eigenvalue weighted by atomic mass is 10.1. The van der Waals surface area contributed by atoms with E-state index in [4.69, 9.17) is 4.98 Å². The minimum atomic E-state index is -1.08. The molecule has 2 heterocycles. The van der Waals surface area contributed by atoms with E-state index in [1.807, 2.05) is 38.1 Å². The van der Waals surface area contributed by atoms with Gasteiger partial charge in [0.2, 0.25) is 0 Å². The number of halogens is 2. The van der Waals surface area contributed by atoms with Crippen molar-refractivity contribution in [2.45, 2.75) is 20.8 Å². The van der Waals surface area contributed by atoms with Crippen LogP contribution < -0.4 is 5.32 Å². The lowest BCUT2D eigenvalue weighted by Crippen LogP contribution is -2.16. The van der Waals surface area contributed by atoms with Crippen LogP contribution in [-0.4, -0.2) is 20.7 Å². The number of aromatic nitrogens is 3. The largest absolute Gasteiger partial charge is 0.306 e. The zero-order chi connectivity index (χ0) is 20.7. The molecule has 0 aliphatic rings. The average Bonchev–Trinajstić information content (AvgIpc) is 3.04. The van der Waals surface area contributed by atoms with Crippen molar-refractivity contribution in [3.8, 4) is 5.82 Å². The summed E-state index contributed by atoms with van der Waals surface area (Å²) < 4.78 is 28.2. The third kappa shape index (κ3) is 3.47. The van der Waals surface area contributed by atoms with Crippen LogP contribution in [0.25, 0.3) is 16.7 Å². The summed E-state index contributed by atoms with van der Waals surface area (Å²) in [6.07, 6.45) is 0. The third-order valence-electron chi connectivity index (χ3n) is 4.71. The maximum Gasteiger partial charge on any atom is 0.256 e. The summed E-state index contributed by atoms with van der Waals surface area (Å²) >= 11 is 0. The highest BCUT2D eigenvalue weighted by Crippen LogP contribution is 2.24. The number of fused-ring (bicyclic) bond motifs is 1. The Morgan fingerprint density at radius 2 is 1.76 bits per heavy atom. The molecule has 5 nitrogen and oxygen atoms in total. The van der Waals surface area contributed by atoms with Gasteiger partial charge in [-0.05, 0) is 56.2 Å². The van der Waals surface area contributed by atoms with Crippen molar-refractivity contribution in [3.05, 3.63) is 82.5 Å². The van der Waals surface area contributed by atoms with Gasteiger partial charge in [-0.1, -0.05) is 18.2 Å². The number of amides is 1. The zero-order valence-electron chi connectivity index (χ0n) is 16.1. The van der Waals surface area contributed by atoms with Crippen LogP contribution in [0.3, 0.4) is 0 Å². The first kappa shape index (κ1) is 18.7. The average molecular weight is 392 g/mol. The number of carbonyl (C=O) groups is 1. The molecule has 0 fully saturated rings. The summed E-state index contributed by atoms with van der Waals surface area (Å²) in [6.45, 7) is 5.77. The third-order valence-corrected chi connectivity index (χ3v) is 4.71. The number of nitrogens with zero attached hydrogens (tertiary/aromatic N) is 3. The Balaban J connectivity index is 1.76. The Morgan fingerprint density at radius 1 is 0.966 bits per heavy atom. The van der Waals surface area contributed by atoms with E-state index >= 15 is 0 Å². The first-order valence-electron chi connectivity index (χ1n) is 9.04. The van der Waals surface area contributed by atoms with Crippen LogP contribution >= 0.6 is 0 Å². The lowest BCUT2D eigenvalue weighted by Gasteiger charge is -2.12. The Hall–Kier alpha value is -3.61. The molecule has 0 aliphatic carbocycles. The smallest absolute Gasteiger partial charge is 0.256 e. The molecule has 0 saturated carbocycles. The summed E-state index contributed by atoms with van der Waals surface area (Å²) in [4.78, 5) is 17.3. The highest BCUT2D eigenvalue weighted by molar-refractivity contribution is 6.04. The number of anilines is 1. The molecule has 0 unspecified atom stereocenters. The van der Waals surface area contributed by atoms with Gasteiger partial charge in [-0.2, -0.15) is 9.78 Å². The van der Waals surface area contributed by atoms with Crippen molar-refractivity contribution in [1.82, 2.24) is 14.8 Å². The molecule has 29 heavy (non-hydrogen) atoms. The molecule has 1 amide bonds. The van der Waals surface area contributed by atoms with Crippen LogP contribution in [0.5, 0.6) is 0 Å². The van der Waals surface area contributed by atoms with Crippen molar-refractivity contribution in [3.63, 3.8) is 0 Å². The quantitative estimate of drug-likeness (QED) is 0.541. The fraction of sp³-hybridized carbons (Fsp3) is 0.136. The van der Waals surface area contributed by atoms with Crippen molar-refractivity contribution in [1.29, 1.82) is 0 Å². The van der Waals surface area contributed by atoms with E-state index in [9.17, 15) is 13.6 Å². The fourth-order valence-electron chi connectivity index (χ4n) is 3.24. The second-order valence-corrected chi connectivity index (χ2v) is 6.93. The van der Waals surface area contributed by atoms with Crippen LogP contribution in [0, 0.1) is 32.4 Å². The molecule has 0 spiro atoms. The number of aryl methyl sites for hydroxylation is 3. The summed E-state index contributed by atoms with van der Waals surface area (Å²) in [5.74, 6) is -1.72. The van der Waals surface area contributed by atoms with Crippen molar-refractivity contribution in [2.75, 3.05) is 5.32 Å². The SMILES string of the molecule is Cc1cc(NC(=O)c2ccc(F)c(F)c2)n(-c2cc(C)c3cccc(C)c3n2)n1. The molecular formula is C22H18F2N4O. The molecule has 0 atom stereocenters. The first-order valence-corrected chi connectivity index (χ1v) is 9.04. The molecule has 0 saturated heterocycles. The number of hydrogen-bond donors (Lipinski definition) is 1. The molecular weight excluding hydrogens is 374 g/mol. The van der Waals surface area contributed by atoms with E-state index in [0.717, 1.165) is 34.2 Å². The van der Waals surface area contributed by atoms with Crippen LogP contribution in [0.15, 0.2) is 48.5 Å². The Bertz CT molecular complexity index is 1260. The van der Waals surface area contributed by atoms with E-state index in [1.165, 1.54) is 10.7 Å². The molecule has 7 heteroatoms. The second-order valence-electron chi connectivity index (χ2n) is 6.93. The van der Waals surface area contributed by atoms with Crippen molar-refractivity contribution >= 4 is 22.6 Å². The minimum Gasteiger partial charge on any atom is -0.306 e. The standard InChI is InChI=1S/C22H18F2N4O/c1-12-5-4-6-16-13(2)9-19(25-21(12)16)28-20(10-14(3)27-28)26-22(29)15-7-8-17(23)18(24)11-15/h4-11H,1-3H3,(H,26,29). The first-order chi connectivity index (χ1) is 13.8. The van der Waals surface area contributed by atoms with E-state index in [-0.39, 0.29) is 5.56 Å². The number of hydrogen-bond acceptors (Lipinski definition) is 3. The van der Waals surface area contributed by atoms with Gasteiger partial charge in [0.15, 0.2) is 17.5 Å². The summed E-state index contributed by atoms with van der Waals surface area (Å²) in [5.41, 5.74) is 3.60. The summed E-state index contributed by atoms with van der Waals surface area (Å²) in [6, 6.07) is 12.6. The van der Waals surface area contributed by atoms with Gasteiger partial charge in [0, 0.05) is 17.0 Å². The number of para-hydroxylation sites is 1. The van der Waals surface area contributed by atoms with Crippen molar-refractivity contribution in [2.24, 2.45) is 0 Å². The van der Waals surface area contributed by atoms with Gasteiger partial charge in [0.1, 0.15) is 5.82 Å². The molecule has 146 valence electrons. The van der Waals surface area contributed by atoms with Crippen LogP contribution in [0.2, 0.25) is 0 Å². The second kappa shape index (κ2) is 7.09. The molecule has 2 aromatic heterocycles. The van der Waals surface area contributed by atoms with E-state index in [1.54, 1.807) is 13.0 Å². The van der Waals surface area contributed by atoms with E-state index < -0.39 is 17.5 Å². The molecule has 0 aliphatic heterocycles. The molecule has 1 N–H and O–H groups in total. The topological polar surface area (TPSA) is 59.8 Å². The lowest BCUT2D eigenvalue weighted by molar-refractivity contribution is 0.102. The Labute approximate surface area is 166 Å². The molecule has 0 bridgehead atoms. The highest BCUT2D eigenvalue weighted by atomic mass is 19.2. The van der Waals surface area contributed by atoms with Gasteiger partial charge in [-0.15, -0.1) is 0 Å². The van der Waals surface area contributed by atoms with E-state index in [2.05, 4.69) is 10.4 Å². The molecule has 0 radical (unpaired) electrons. The highest BCUT2D eigenvalue weighted by Gasteiger charge is 2.16. The molecule has 4 aromatic rings. The normalized spacial score (nSPS) is 11.1.